The van der Waals surface area contributed by atoms with Gasteiger partial charge in [0, 0.05) is 18.1 Å². The van der Waals surface area contributed by atoms with Crippen LogP contribution in [0.2, 0.25) is 0 Å². The van der Waals surface area contributed by atoms with E-state index >= 15 is 0 Å². The molecule has 0 bridgehead atoms. The SMILES string of the molecule is COc1ccc(NC(N)=NCc2cccc(-n3cccn3)c2)cc1. The molecule has 0 aliphatic rings. The fourth-order valence-electron chi connectivity index (χ4n) is 2.26. The van der Waals surface area contributed by atoms with Crippen LogP contribution < -0.4 is 15.8 Å². The summed E-state index contributed by atoms with van der Waals surface area (Å²) in [4.78, 5) is 4.38. The molecule has 3 aromatic rings. The number of benzene rings is 2. The van der Waals surface area contributed by atoms with Gasteiger partial charge in [0.15, 0.2) is 5.96 Å². The number of anilines is 1. The van der Waals surface area contributed by atoms with Crippen molar-refractivity contribution in [2.75, 3.05) is 12.4 Å². The Labute approximate surface area is 140 Å². The molecule has 0 aliphatic heterocycles. The number of aromatic nitrogens is 2. The minimum atomic E-state index is 0.365. The summed E-state index contributed by atoms with van der Waals surface area (Å²) in [6.45, 7) is 0.490. The summed E-state index contributed by atoms with van der Waals surface area (Å²) in [6.07, 6.45) is 3.66. The van der Waals surface area contributed by atoms with Gasteiger partial charge in [-0.2, -0.15) is 5.10 Å². The van der Waals surface area contributed by atoms with Gasteiger partial charge < -0.3 is 15.8 Å². The van der Waals surface area contributed by atoms with Crippen LogP contribution >= 0.6 is 0 Å². The van der Waals surface area contributed by atoms with Crippen LogP contribution in [0, 0.1) is 0 Å². The van der Waals surface area contributed by atoms with Crippen LogP contribution in [0.3, 0.4) is 0 Å². The zero-order valence-electron chi connectivity index (χ0n) is 13.4. The first-order valence-electron chi connectivity index (χ1n) is 7.54. The minimum Gasteiger partial charge on any atom is -0.497 e. The molecule has 24 heavy (non-hydrogen) atoms. The first-order chi connectivity index (χ1) is 11.7. The molecule has 0 aliphatic carbocycles. The molecule has 3 N–H and O–H groups in total. The maximum Gasteiger partial charge on any atom is 0.193 e. The van der Waals surface area contributed by atoms with Crippen LogP contribution in [0.25, 0.3) is 5.69 Å². The smallest absolute Gasteiger partial charge is 0.193 e. The molecule has 0 amide bonds. The molecule has 1 heterocycles. The van der Waals surface area contributed by atoms with Gasteiger partial charge in [-0.05, 0) is 48.0 Å². The molecule has 6 nitrogen and oxygen atoms in total. The molecule has 0 radical (unpaired) electrons. The van der Waals surface area contributed by atoms with E-state index in [0.717, 1.165) is 22.7 Å². The van der Waals surface area contributed by atoms with Crippen molar-refractivity contribution in [3.63, 3.8) is 0 Å². The van der Waals surface area contributed by atoms with Crippen molar-refractivity contribution in [2.45, 2.75) is 6.54 Å². The second kappa shape index (κ2) is 7.32. The molecular formula is C18H19N5O. The highest BCUT2D eigenvalue weighted by Gasteiger charge is 2.00. The average Bonchev–Trinajstić information content (AvgIpc) is 3.16. The lowest BCUT2D eigenvalue weighted by atomic mass is 10.2. The minimum absolute atomic E-state index is 0.365. The highest BCUT2D eigenvalue weighted by Crippen LogP contribution is 2.15. The number of rotatable bonds is 5. The Morgan fingerprint density at radius 1 is 1.21 bits per heavy atom. The number of nitrogens with one attached hydrogen (secondary N) is 1. The summed E-state index contributed by atoms with van der Waals surface area (Å²) in [5.41, 5.74) is 8.86. The third-order valence-electron chi connectivity index (χ3n) is 3.47. The van der Waals surface area contributed by atoms with Crippen molar-refractivity contribution < 1.29 is 4.74 Å². The molecule has 1 aromatic heterocycles. The van der Waals surface area contributed by atoms with Crippen LogP contribution in [0.4, 0.5) is 5.69 Å². The van der Waals surface area contributed by atoms with Gasteiger partial charge in [-0.3, -0.25) is 0 Å². The molecule has 0 atom stereocenters. The van der Waals surface area contributed by atoms with E-state index in [1.54, 1.807) is 13.3 Å². The summed E-state index contributed by atoms with van der Waals surface area (Å²) in [7, 11) is 1.63. The monoisotopic (exact) mass is 321 g/mol. The molecule has 122 valence electrons. The number of hydrogen-bond acceptors (Lipinski definition) is 3. The van der Waals surface area contributed by atoms with E-state index in [4.69, 9.17) is 10.5 Å². The molecular weight excluding hydrogens is 302 g/mol. The van der Waals surface area contributed by atoms with Crippen molar-refractivity contribution in [2.24, 2.45) is 10.7 Å². The Kier molecular flexibility index (Phi) is 4.76. The Morgan fingerprint density at radius 2 is 2.04 bits per heavy atom. The van der Waals surface area contributed by atoms with Gasteiger partial charge in [0.2, 0.25) is 0 Å². The summed E-state index contributed by atoms with van der Waals surface area (Å²) < 4.78 is 6.94. The number of ether oxygens (including phenoxy) is 1. The predicted molar refractivity (Wildman–Crippen MR) is 95.5 cm³/mol. The second-order valence-corrected chi connectivity index (χ2v) is 5.18. The van der Waals surface area contributed by atoms with E-state index < -0.39 is 0 Å². The van der Waals surface area contributed by atoms with Crippen LogP contribution in [0.5, 0.6) is 5.75 Å². The quantitative estimate of drug-likeness (QED) is 0.559. The summed E-state index contributed by atoms with van der Waals surface area (Å²) in [5.74, 6) is 1.16. The highest BCUT2D eigenvalue weighted by molar-refractivity contribution is 5.92. The molecule has 2 aromatic carbocycles. The van der Waals surface area contributed by atoms with E-state index in [2.05, 4.69) is 15.4 Å². The van der Waals surface area contributed by atoms with Crippen molar-refractivity contribution in [3.8, 4) is 11.4 Å². The third kappa shape index (κ3) is 3.92. The van der Waals surface area contributed by atoms with Crippen LogP contribution in [0.1, 0.15) is 5.56 Å². The van der Waals surface area contributed by atoms with E-state index in [0.29, 0.717) is 12.5 Å². The zero-order valence-corrected chi connectivity index (χ0v) is 13.4. The molecule has 3 rings (SSSR count). The molecule has 0 unspecified atom stereocenters. The van der Waals surface area contributed by atoms with Gasteiger partial charge in [-0.1, -0.05) is 12.1 Å². The number of hydrogen-bond donors (Lipinski definition) is 2. The topological polar surface area (TPSA) is 77.5 Å². The standard InChI is InChI=1S/C18H19N5O/c1-24-17-8-6-15(7-9-17)22-18(19)20-13-14-4-2-5-16(12-14)23-11-3-10-21-23/h2-12H,13H2,1H3,(H3,19,20,22). The normalized spacial score (nSPS) is 11.3. The lowest BCUT2D eigenvalue weighted by Gasteiger charge is -2.07. The fourth-order valence-corrected chi connectivity index (χ4v) is 2.26. The molecule has 0 saturated heterocycles. The Balaban J connectivity index is 1.65. The molecule has 6 heteroatoms. The van der Waals surface area contributed by atoms with Crippen molar-refractivity contribution >= 4 is 11.6 Å². The van der Waals surface area contributed by atoms with Gasteiger partial charge in [-0.15, -0.1) is 0 Å². The fraction of sp³-hybridized carbons (Fsp3) is 0.111. The van der Waals surface area contributed by atoms with E-state index in [1.165, 1.54) is 0 Å². The van der Waals surface area contributed by atoms with E-state index in [1.807, 2.05) is 65.5 Å². The van der Waals surface area contributed by atoms with E-state index in [9.17, 15) is 0 Å². The van der Waals surface area contributed by atoms with Crippen LogP contribution in [-0.4, -0.2) is 22.8 Å². The van der Waals surface area contributed by atoms with Gasteiger partial charge in [-0.25, -0.2) is 9.67 Å². The Bertz CT molecular complexity index is 810. The summed E-state index contributed by atoms with van der Waals surface area (Å²) >= 11 is 0. The van der Waals surface area contributed by atoms with Gasteiger partial charge in [0.25, 0.3) is 0 Å². The summed E-state index contributed by atoms with van der Waals surface area (Å²) in [6, 6.07) is 17.4. The second-order valence-electron chi connectivity index (χ2n) is 5.18. The third-order valence-corrected chi connectivity index (χ3v) is 3.47. The van der Waals surface area contributed by atoms with E-state index in [-0.39, 0.29) is 0 Å². The maximum atomic E-state index is 5.95. The number of guanidine groups is 1. The van der Waals surface area contributed by atoms with Gasteiger partial charge >= 0.3 is 0 Å². The first-order valence-corrected chi connectivity index (χ1v) is 7.54. The maximum absolute atomic E-state index is 5.95. The number of aliphatic imine (C=N–C) groups is 1. The largest absolute Gasteiger partial charge is 0.497 e. The van der Waals surface area contributed by atoms with Crippen LogP contribution in [-0.2, 0) is 6.54 Å². The van der Waals surface area contributed by atoms with Crippen molar-refractivity contribution in [1.82, 2.24) is 9.78 Å². The van der Waals surface area contributed by atoms with Crippen LogP contribution in [0.15, 0.2) is 72.0 Å². The Hall–Kier alpha value is -3.28. The predicted octanol–water partition coefficient (Wildman–Crippen LogP) is 2.81. The highest BCUT2D eigenvalue weighted by atomic mass is 16.5. The molecule has 0 spiro atoms. The summed E-state index contributed by atoms with van der Waals surface area (Å²) in [5, 5.41) is 7.29. The Morgan fingerprint density at radius 3 is 2.75 bits per heavy atom. The first kappa shape index (κ1) is 15.6. The molecule has 0 fully saturated rings. The number of nitrogens with zero attached hydrogens (tertiary/aromatic N) is 3. The average molecular weight is 321 g/mol. The number of methoxy groups -OCH3 is 1. The zero-order chi connectivity index (χ0) is 16.8. The molecule has 0 saturated carbocycles. The van der Waals surface area contributed by atoms with Crippen molar-refractivity contribution in [3.05, 3.63) is 72.6 Å². The lowest BCUT2D eigenvalue weighted by molar-refractivity contribution is 0.415. The number of nitrogens with two attached hydrogens (primary N) is 1. The lowest BCUT2D eigenvalue weighted by Crippen LogP contribution is -2.22. The van der Waals surface area contributed by atoms with Gasteiger partial charge in [0.1, 0.15) is 5.75 Å². The van der Waals surface area contributed by atoms with Gasteiger partial charge in [0.05, 0.1) is 19.3 Å². The van der Waals surface area contributed by atoms with Crippen molar-refractivity contribution in [1.29, 1.82) is 0 Å².